The van der Waals surface area contributed by atoms with E-state index in [9.17, 15) is 0 Å². The van der Waals surface area contributed by atoms with Crippen LogP contribution in [0.4, 0.5) is 11.4 Å². The highest BCUT2D eigenvalue weighted by Crippen LogP contribution is 2.26. The lowest BCUT2D eigenvalue weighted by Crippen LogP contribution is -1.93. The van der Waals surface area contributed by atoms with E-state index in [4.69, 9.17) is 11.5 Å². The number of hydrogen-bond donors (Lipinski definition) is 2. The molecule has 2 heteroatoms. The number of nitrogen functional groups attached to an aromatic ring is 2. The van der Waals surface area contributed by atoms with Gasteiger partial charge in [-0.05, 0) is 42.0 Å². The highest BCUT2D eigenvalue weighted by atomic mass is 14.6. The molecular formula is C18H26N2. The van der Waals surface area contributed by atoms with Crippen molar-refractivity contribution in [3.8, 4) is 0 Å². The van der Waals surface area contributed by atoms with Crippen LogP contribution in [0.5, 0.6) is 0 Å². The van der Waals surface area contributed by atoms with Gasteiger partial charge in [0.15, 0.2) is 0 Å². The van der Waals surface area contributed by atoms with Crippen molar-refractivity contribution in [2.24, 2.45) is 0 Å². The van der Waals surface area contributed by atoms with Crippen LogP contribution < -0.4 is 11.5 Å². The number of unbranched alkanes of at least 4 members (excludes halogenated alkanes) is 5. The molecule has 0 unspecified atom stereocenters. The van der Waals surface area contributed by atoms with Gasteiger partial charge in [0.25, 0.3) is 0 Å². The van der Waals surface area contributed by atoms with Crippen LogP contribution in [0.15, 0.2) is 30.3 Å². The molecule has 0 fully saturated rings. The molecule has 0 spiro atoms. The summed E-state index contributed by atoms with van der Waals surface area (Å²) in [4.78, 5) is 0. The summed E-state index contributed by atoms with van der Waals surface area (Å²) in [5.74, 6) is 0. The molecule has 2 aromatic rings. The molecule has 0 saturated heterocycles. The second-order valence-corrected chi connectivity index (χ2v) is 5.68. The molecule has 2 aromatic carbocycles. The molecule has 108 valence electrons. The monoisotopic (exact) mass is 270 g/mol. The first-order chi connectivity index (χ1) is 9.70. The lowest BCUT2D eigenvalue weighted by atomic mass is 10.0. The van der Waals surface area contributed by atoms with Gasteiger partial charge in [-0.1, -0.05) is 51.2 Å². The zero-order chi connectivity index (χ0) is 14.4. The summed E-state index contributed by atoms with van der Waals surface area (Å²) in [7, 11) is 0. The smallest absolute Gasteiger partial charge is 0.0414 e. The Morgan fingerprint density at radius 1 is 0.850 bits per heavy atom. The highest BCUT2D eigenvalue weighted by Gasteiger charge is 2.02. The second kappa shape index (κ2) is 7.18. The minimum absolute atomic E-state index is 0.735. The maximum Gasteiger partial charge on any atom is 0.0414 e. The van der Waals surface area contributed by atoms with E-state index in [1.165, 1.54) is 44.1 Å². The Morgan fingerprint density at radius 3 is 2.40 bits per heavy atom. The molecule has 0 saturated carbocycles. The van der Waals surface area contributed by atoms with E-state index < -0.39 is 0 Å². The van der Waals surface area contributed by atoms with Gasteiger partial charge in [0, 0.05) is 16.8 Å². The number of hydrogen-bond acceptors (Lipinski definition) is 2. The molecule has 2 rings (SSSR count). The molecule has 0 aromatic heterocycles. The molecule has 0 bridgehead atoms. The number of fused-ring (bicyclic) bond motifs is 1. The average molecular weight is 270 g/mol. The zero-order valence-electron chi connectivity index (χ0n) is 12.5. The minimum atomic E-state index is 0.735. The Bertz CT molecular complexity index is 561. The van der Waals surface area contributed by atoms with Crippen LogP contribution in [-0.2, 0) is 6.42 Å². The van der Waals surface area contributed by atoms with Gasteiger partial charge in [0.1, 0.15) is 0 Å². The van der Waals surface area contributed by atoms with Crippen LogP contribution in [0.3, 0.4) is 0 Å². The fourth-order valence-corrected chi connectivity index (χ4v) is 2.72. The summed E-state index contributed by atoms with van der Waals surface area (Å²) in [5, 5.41) is 2.26. The Balaban J connectivity index is 1.94. The van der Waals surface area contributed by atoms with E-state index in [-0.39, 0.29) is 0 Å². The van der Waals surface area contributed by atoms with E-state index in [1.807, 2.05) is 12.1 Å². The van der Waals surface area contributed by atoms with Crippen molar-refractivity contribution in [3.63, 3.8) is 0 Å². The van der Waals surface area contributed by atoms with Gasteiger partial charge in [-0.25, -0.2) is 0 Å². The molecule has 0 aliphatic heterocycles. The van der Waals surface area contributed by atoms with Gasteiger partial charge in [-0.3, -0.25) is 0 Å². The van der Waals surface area contributed by atoms with Crippen LogP contribution in [0, 0.1) is 0 Å². The van der Waals surface area contributed by atoms with E-state index >= 15 is 0 Å². The minimum Gasteiger partial charge on any atom is -0.399 e. The Hall–Kier alpha value is -1.70. The molecule has 0 heterocycles. The quantitative estimate of drug-likeness (QED) is 0.555. The fraction of sp³-hybridized carbons (Fsp3) is 0.444. The third-order valence-corrected chi connectivity index (χ3v) is 3.89. The second-order valence-electron chi connectivity index (χ2n) is 5.68. The average Bonchev–Trinajstić information content (AvgIpc) is 2.43. The van der Waals surface area contributed by atoms with Crippen molar-refractivity contribution in [2.75, 3.05) is 11.5 Å². The number of benzene rings is 2. The van der Waals surface area contributed by atoms with Crippen LogP contribution in [-0.4, -0.2) is 0 Å². The van der Waals surface area contributed by atoms with Crippen molar-refractivity contribution < 1.29 is 0 Å². The molecular weight excluding hydrogens is 244 g/mol. The molecule has 0 aliphatic rings. The number of rotatable bonds is 7. The van der Waals surface area contributed by atoms with Gasteiger partial charge in [0.05, 0.1) is 0 Å². The van der Waals surface area contributed by atoms with Gasteiger partial charge < -0.3 is 11.5 Å². The topological polar surface area (TPSA) is 52.0 Å². The highest BCUT2D eigenvalue weighted by molar-refractivity contribution is 5.95. The maximum absolute atomic E-state index is 6.06. The van der Waals surface area contributed by atoms with Gasteiger partial charge in [-0.2, -0.15) is 0 Å². The molecule has 0 atom stereocenters. The summed E-state index contributed by atoms with van der Waals surface area (Å²) in [6.07, 6.45) is 9.16. The molecule has 2 nitrogen and oxygen atoms in total. The summed E-state index contributed by atoms with van der Waals surface area (Å²) in [5.41, 5.74) is 14.8. The number of aryl methyl sites for hydroxylation is 1. The maximum atomic E-state index is 6.06. The Labute approximate surface area is 122 Å². The SMILES string of the molecule is CCCCCCCCc1ccc2cc(N)cc(N)c2c1. The molecule has 0 amide bonds. The van der Waals surface area contributed by atoms with E-state index in [0.717, 1.165) is 28.6 Å². The Kier molecular flexibility index (Phi) is 5.28. The zero-order valence-corrected chi connectivity index (χ0v) is 12.5. The Morgan fingerprint density at radius 2 is 1.60 bits per heavy atom. The molecule has 20 heavy (non-hydrogen) atoms. The van der Waals surface area contributed by atoms with Crippen molar-refractivity contribution >= 4 is 22.1 Å². The lowest BCUT2D eigenvalue weighted by molar-refractivity contribution is 0.607. The summed E-state index contributed by atoms with van der Waals surface area (Å²) >= 11 is 0. The van der Waals surface area contributed by atoms with Crippen LogP contribution in [0.1, 0.15) is 51.0 Å². The number of anilines is 2. The lowest BCUT2D eigenvalue weighted by Gasteiger charge is -2.07. The first kappa shape index (κ1) is 14.7. The van der Waals surface area contributed by atoms with E-state index in [2.05, 4.69) is 25.1 Å². The molecule has 0 radical (unpaired) electrons. The predicted molar refractivity (Wildman–Crippen MR) is 89.9 cm³/mol. The first-order valence-electron chi connectivity index (χ1n) is 7.78. The van der Waals surface area contributed by atoms with Crippen molar-refractivity contribution in [3.05, 3.63) is 35.9 Å². The van der Waals surface area contributed by atoms with Gasteiger partial charge >= 0.3 is 0 Å². The first-order valence-corrected chi connectivity index (χ1v) is 7.78. The van der Waals surface area contributed by atoms with Gasteiger partial charge in [0.2, 0.25) is 0 Å². The molecule has 4 N–H and O–H groups in total. The summed E-state index contributed by atoms with van der Waals surface area (Å²) in [6, 6.07) is 10.4. The van der Waals surface area contributed by atoms with E-state index in [1.54, 1.807) is 0 Å². The number of nitrogens with two attached hydrogens (primary N) is 2. The van der Waals surface area contributed by atoms with Crippen LogP contribution in [0.25, 0.3) is 10.8 Å². The van der Waals surface area contributed by atoms with Crippen LogP contribution in [0.2, 0.25) is 0 Å². The largest absolute Gasteiger partial charge is 0.399 e. The van der Waals surface area contributed by atoms with Gasteiger partial charge in [-0.15, -0.1) is 0 Å². The van der Waals surface area contributed by atoms with Crippen molar-refractivity contribution in [2.45, 2.75) is 51.9 Å². The summed E-state index contributed by atoms with van der Waals surface area (Å²) in [6.45, 7) is 2.26. The third kappa shape index (κ3) is 3.89. The van der Waals surface area contributed by atoms with Crippen molar-refractivity contribution in [1.82, 2.24) is 0 Å². The summed E-state index contributed by atoms with van der Waals surface area (Å²) < 4.78 is 0. The standard InChI is InChI=1S/C18H26N2/c1-2-3-4-5-6-7-8-14-9-10-15-12-16(19)13-18(20)17(15)11-14/h9-13H,2-8,19-20H2,1H3. The third-order valence-electron chi connectivity index (χ3n) is 3.89. The van der Waals surface area contributed by atoms with Crippen LogP contribution >= 0.6 is 0 Å². The van der Waals surface area contributed by atoms with E-state index in [0.29, 0.717) is 0 Å². The fourth-order valence-electron chi connectivity index (χ4n) is 2.72. The molecule has 0 aliphatic carbocycles. The normalized spacial score (nSPS) is 11.1. The van der Waals surface area contributed by atoms with Crippen molar-refractivity contribution in [1.29, 1.82) is 0 Å². The predicted octanol–water partition coefficient (Wildman–Crippen LogP) is 4.91.